The number of nitrogens with two attached hydrogens (primary N) is 1. The zero-order valence-electron chi connectivity index (χ0n) is 11.1. The summed E-state index contributed by atoms with van der Waals surface area (Å²) in [6, 6.07) is 2.16. The monoisotopic (exact) mass is 289 g/mol. The smallest absolute Gasteiger partial charge is 0.161 e. The Labute approximate surface area is 118 Å². The Kier molecular flexibility index (Phi) is 2.44. The maximum Gasteiger partial charge on any atom is 0.161 e. The number of rotatable bonds is 2. The lowest BCUT2D eigenvalue weighted by Crippen LogP contribution is -2.44. The minimum absolute atomic E-state index is 0.367. The minimum atomic E-state index is -0.916. The maximum atomic E-state index is 13.2. The molecule has 108 valence electrons. The van der Waals surface area contributed by atoms with Crippen molar-refractivity contribution in [2.45, 2.75) is 24.8 Å². The van der Waals surface area contributed by atoms with E-state index in [1.807, 2.05) is 0 Å². The molecule has 0 spiro atoms. The van der Waals surface area contributed by atoms with E-state index in [9.17, 15) is 8.78 Å². The third-order valence-electron chi connectivity index (χ3n) is 4.07. The van der Waals surface area contributed by atoms with Crippen LogP contribution in [0.1, 0.15) is 25.1 Å². The van der Waals surface area contributed by atoms with Crippen molar-refractivity contribution in [2.75, 3.05) is 0 Å². The molecular formula is C14H13F2N5. The number of hydrogen-bond acceptors (Lipinski definition) is 3. The van der Waals surface area contributed by atoms with E-state index in [0.717, 1.165) is 37.2 Å². The van der Waals surface area contributed by atoms with Crippen molar-refractivity contribution in [3.05, 3.63) is 35.8 Å². The van der Waals surface area contributed by atoms with Crippen LogP contribution in [0.4, 0.5) is 8.78 Å². The molecule has 0 saturated heterocycles. The van der Waals surface area contributed by atoms with Gasteiger partial charge in [0.1, 0.15) is 11.5 Å². The summed E-state index contributed by atoms with van der Waals surface area (Å²) in [5, 5.41) is 0. The van der Waals surface area contributed by atoms with E-state index in [1.165, 1.54) is 0 Å². The number of halogens is 2. The number of hydrogen-bond donors (Lipinski definition) is 3. The summed E-state index contributed by atoms with van der Waals surface area (Å²) in [6.07, 6.45) is 4.52. The molecule has 0 bridgehead atoms. The zero-order chi connectivity index (χ0) is 14.6. The van der Waals surface area contributed by atoms with Crippen LogP contribution in [0.5, 0.6) is 0 Å². The molecule has 1 fully saturated rings. The number of nitrogens with zero attached hydrogens (tertiary/aromatic N) is 2. The van der Waals surface area contributed by atoms with E-state index >= 15 is 0 Å². The molecule has 4 rings (SSSR count). The first-order valence-corrected chi connectivity index (χ1v) is 6.75. The van der Waals surface area contributed by atoms with Crippen LogP contribution in [-0.4, -0.2) is 19.9 Å². The molecule has 1 aliphatic carbocycles. The van der Waals surface area contributed by atoms with E-state index < -0.39 is 11.6 Å². The Balaban J connectivity index is 1.76. The lowest BCUT2D eigenvalue weighted by molar-refractivity contribution is 0.240. The lowest BCUT2D eigenvalue weighted by Gasteiger charge is -2.35. The van der Waals surface area contributed by atoms with Crippen LogP contribution in [0, 0.1) is 11.6 Å². The molecule has 7 heteroatoms. The molecule has 0 unspecified atom stereocenters. The van der Waals surface area contributed by atoms with Gasteiger partial charge in [-0.25, -0.2) is 18.7 Å². The van der Waals surface area contributed by atoms with Gasteiger partial charge in [0.05, 0.1) is 22.8 Å². The van der Waals surface area contributed by atoms with Gasteiger partial charge in [0, 0.05) is 12.1 Å². The number of aromatic amines is 2. The second kappa shape index (κ2) is 4.11. The summed E-state index contributed by atoms with van der Waals surface area (Å²) in [5.74, 6) is -0.613. The van der Waals surface area contributed by atoms with Crippen molar-refractivity contribution in [1.29, 1.82) is 0 Å². The van der Waals surface area contributed by atoms with Crippen LogP contribution in [0.15, 0.2) is 18.3 Å². The molecule has 1 saturated carbocycles. The predicted molar refractivity (Wildman–Crippen MR) is 73.3 cm³/mol. The summed E-state index contributed by atoms with van der Waals surface area (Å²) >= 11 is 0. The number of nitrogens with one attached hydrogen (secondary N) is 2. The van der Waals surface area contributed by atoms with Gasteiger partial charge in [0.2, 0.25) is 0 Å². The number of aromatic nitrogens is 4. The van der Waals surface area contributed by atoms with Gasteiger partial charge in [-0.05, 0) is 19.3 Å². The van der Waals surface area contributed by atoms with Crippen LogP contribution in [-0.2, 0) is 5.54 Å². The topological polar surface area (TPSA) is 83.4 Å². The van der Waals surface area contributed by atoms with Gasteiger partial charge in [-0.15, -0.1) is 0 Å². The van der Waals surface area contributed by atoms with Gasteiger partial charge in [-0.1, -0.05) is 0 Å². The van der Waals surface area contributed by atoms with Crippen LogP contribution in [0.25, 0.3) is 22.6 Å². The first-order valence-electron chi connectivity index (χ1n) is 6.75. The molecule has 1 aromatic carbocycles. The Morgan fingerprint density at radius 3 is 2.62 bits per heavy atom. The Hall–Kier alpha value is -2.28. The third-order valence-corrected chi connectivity index (χ3v) is 4.07. The SMILES string of the molecule is NC1(c2ncc(-c3nc4cc(F)c(F)cc4[nH]3)[nH]2)CCC1. The minimum Gasteiger partial charge on any atom is -0.338 e. The van der Waals surface area contributed by atoms with Crippen molar-refractivity contribution in [1.82, 2.24) is 19.9 Å². The summed E-state index contributed by atoms with van der Waals surface area (Å²) in [6.45, 7) is 0. The number of imidazole rings is 2. The Bertz CT molecular complexity index is 792. The van der Waals surface area contributed by atoms with Gasteiger partial charge in [-0.3, -0.25) is 0 Å². The van der Waals surface area contributed by atoms with E-state index in [2.05, 4.69) is 19.9 Å². The summed E-state index contributed by atoms with van der Waals surface area (Å²) < 4.78 is 26.4. The number of benzene rings is 1. The Morgan fingerprint density at radius 2 is 1.90 bits per heavy atom. The summed E-state index contributed by atoms with van der Waals surface area (Å²) in [5.41, 5.74) is 7.28. The molecule has 2 aromatic heterocycles. The van der Waals surface area contributed by atoms with Gasteiger partial charge in [-0.2, -0.15) is 0 Å². The Morgan fingerprint density at radius 1 is 1.14 bits per heavy atom. The molecule has 0 aliphatic heterocycles. The van der Waals surface area contributed by atoms with Crippen LogP contribution >= 0.6 is 0 Å². The van der Waals surface area contributed by atoms with Crippen molar-refractivity contribution >= 4 is 11.0 Å². The first-order chi connectivity index (χ1) is 10.0. The molecule has 2 heterocycles. The van der Waals surface area contributed by atoms with E-state index in [-0.39, 0.29) is 5.54 Å². The normalized spacial score (nSPS) is 17.1. The maximum absolute atomic E-state index is 13.2. The molecule has 3 aromatic rings. The highest BCUT2D eigenvalue weighted by molar-refractivity contribution is 5.78. The summed E-state index contributed by atoms with van der Waals surface area (Å²) in [4.78, 5) is 14.6. The van der Waals surface area contributed by atoms with Gasteiger partial charge >= 0.3 is 0 Å². The largest absolute Gasteiger partial charge is 0.338 e. The fourth-order valence-corrected chi connectivity index (χ4v) is 2.62. The first kappa shape index (κ1) is 12.5. The van der Waals surface area contributed by atoms with Crippen LogP contribution < -0.4 is 5.73 Å². The van der Waals surface area contributed by atoms with Crippen molar-refractivity contribution < 1.29 is 8.78 Å². The molecule has 5 nitrogen and oxygen atoms in total. The zero-order valence-corrected chi connectivity index (χ0v) is 11.1. The average Bonchev–Trinajstić information content (AvgIpc) is 3.03. The fraction of sp³-hybridized carbons (Fsp3) is 0.286. The molecule has 1 aliphatic rings. The standard InChI is InChI=1S/C14H13F2N5/c15-7-4-9-10(5-8(7)16)20-12(19-9)11-6-18-13(21-11)14(17)2-1-3-14/h4-6H,1-3,17H2,(H,18,21)(H,19,20). The summed E-state index contributed by atoms with van der Waals surface area (Å²) in [7, 11) is 0. The predicted octanol–water partition coefficient (Wildman–Crippen LogP) is 2.57. The van der Waals surface area contributed by atoms with Crippen molar-refractivity contribution in [3.8, 4) is 11.5 Å². The van der Waals surface area contributed by atoms with Gasteiger partial charge in [0.25, 0.3) is 0 Å². The van der Waals surface area contributed by atoms with Gasteiger partial charge < -0.3 is 15.7 Å². The highest BCUT2D eigenvalue weighted by atomic mass is 19.2. The third kappa shape index (κ3) is 1.84. The quantitative estimate of drug-likeness (QED) is 0.678. The second-order valence-corrected chi connectivity index (χ2v) is 5.52. The van der Waals surface area contributed by atoms with Crippen LogP contribution in [0.2, 0.25) is 0 Å². The van der Waals surface area contributed by atoms with Crippen LogP contribution in [0.3, 0.4) is 0 Å². The molecule has 4 N–H and O–H groups in total. The molecule has 21 heavy (non-hydrogen) atoms. The van der Waals surface area contributed by atoms with E-state index in [1.54, 1.807) is 6.20 Å². The lowest BCUT2D eigenvalue weighted by atomic mass is 9.77. The van der Waals surface area contributed by atoms with E-state index in [4.69, 9.17) is 5.73 Å². The molecular weight excluding hydrogens is 276 g/mol. The van der Waals surface area contributed by atoms with Crippen molar-refractivity contribution in [2.24, 2.45) is 5.73 Å². The molecule has 0 amide bonds. The fourth-order valence-electron chi connectivity index (χ4n) is 2.62. The highest BCUT2D eigenvalue weighted by Crippen LogP contribution is 2.37. The van der Waals surface area contributed by atoms with Crippen molar-refractivity contribution in [3.63, 3.8) is 0 Å². The van der Waals surface area contributed by atoms with E-state index in [0.29, 0.717) is 22.6 Å². The highest BCUT2D eigenvalue weighted by Gasteiger charge is 2.37. The number of H-pyrrole nitrogens is 2. The molecule has 0 radical (unpaired) electrons. The van der Waals surface area contributed by atoms with Gasteiger partial charge in [0.15, 0.2) is 17.5 Å². The second-order valence-electron chi connectivity index (χ2n) is 5.52. The molecule has 0 atom stereocenters. The number of fused-ring (bicyclic) bond motifs is 1. The average molecular weight is 289 g/mol.